The molecule has 1 aliphatic carbocycles. The zero-order valence-corrected chi connectivity index (χ0v) is 12.7. The first-order chi connectivity index (χ1) is 10.8. The van der Waals surface area contributed by atoms with Crippen molar-refractivity contribution in [2.45, 2.75) is 38.5 Å². The molecule has 0 spiro atoms. The Labute approximate surface area is 161 Å². The number of amidine groups is 1. The van der Waals surface area contributed by atoms with Crippen molar-refractivity contribution in [1.82, 2.24) is 5.32 Å². The van der Waals surface area contributed by atoms with Gasteiger partial charge >= 0.3 is 41.4 Å². The maximum absolute atomic E-state index is 12.9. The van der Waals surface area contributed by atoms with Gasteiger partial charge in [-0.05, 0) is 20.8 Å². The molecule has 0 saturated heterocycles. The first-order valence-electron chi connectivity index (χ1n) is 6.58. The normalized spacial score (nSPS) is 20.1. The van der Waals surface area contributed by atoms with Crippen molar-refractivity contribution in [3.8, 4) is 0 Å². The number of nitrogens with zero attached hydrogens (tertiary/aromatic N) is 4. The first kappa shape index (κ1) is 21.3. The molecule has 0 aromatic carbocycles. The summed E-state index contributed by atoms with van der Waals surface area (Å²) in [5.74, 6) is -1.56. The van der Waals surface area contributed by atoms with Crippen LogP contribution in [0.3, 0.4) is 0 Å². The minimum absolute atomic E-state index is 0. The van der Waals surface area contributed by atoms with Gasteiger partial charge in [0, 0.05) is 5.54 Å². The van der Waals surface area contributed by atoms with Crippen molar-refractivity contribution in [2.24, 2.45) is 9.98 Å². The van der Waals surface area contributed by atoms with E-state index >= 15 is 0 Å². The van der Waals surface area contributed by atoms with E-state index in [1.807, 2.05) is 0 Å². The van der Waals surface area contributed by atoms with Crippen molar-refractivity contribution >= 4 is 41.1 Å². The van der Waals surface area contributed by atoms with E-state index in [0.29, 0.717) is 6.08 Å². The number of halogens is 3. The summed E-state index contributed by atoms with van der Waals surface area (Å²) in [7, 11) is 0. The fraction of sp³-hybridized carbons (Fsp3) is 0.500. The molecular weight excluding hydrogens is 358 g/mol. The minimum atomic E-state index is -4.92. The monoisotopic (exact) mass is 371 g/mol. The Kier molecular flexibility index (Phi) is 5.82. The molecule has 2 aliphatic rings. The first-order valence-corrected chi connectivity index (χ1v) is 6.58. The Morgan fingerprint density at radius 2 is 1.72 bits per heavy atom. The summed E-state index contributed by atoms with van der Waals surface area (Å²) in [6, 6.07) is -1.65. The number of allylic oxidation sites excluding steroid dienone is 1. The van der Waals surface area contributed by atoms with Crippen LogP contribution in [0.25, 0.3) is 0 Å². The van der Waals surface area contributed by atoms with Gasteiger partial charge in [0.1, 0.15) is 11.4 Å². The van der Waals surface area contributed by atoms with Gasteiger partial charge in [-0.3, -0.25) is 20.2 Å². The van der Waals surface area contributed by atoms with Crippen LogP contribution in [0.1, 0.15) is 20.8 Å². The van der Waals surface area contributed by atoms with E-state index < -0.39 is 50.5 Å². The third-order valence-corrected chi connectivity index (χ3v) is 2.97. The van der Waals surface area contributed by atoms with Gasteiger partial charge in [-0.25, -0.2) is 9.98 Å². The van der Waals surface area contributed by atoms with Crippen molar-refractivity contribution in [1.29, 1.82) is 0 Å². The zero-order chi connectivity index (χ0) is 18.4. The standard InChI is InChI=1S/C12H12F3N5O4.Na.H/c1-11(2,3)18-8-6(20(23)24)4-5(19(21)22)7-9(8)17-10(16-7)12(13,14)15;;/h4,7,18H,1-3H3;;. The summed E-state index contributed by atoms with van der Waals surface area (Å²) in [5, 5.41) is 25.0. The Balaban J connectivity index is 0.00000312. The van der Waals surface area contributed by atoms with Gasteiger partial charge < -0.3 is 5.32 Å². The molecule has 0 aromatic heterocycles. The zero-order valence-electron chi connectivity index (χ0n) is 12.7. The number of aliphatic imine (C=N–C) groups is 2. The Morgan fingerprint density at radius 1 is 1.16 bits per heavy atom. The van der Waals surface area contributed by atoms with Crippen LogP contribution in [0.4, 0.5) is 13.2 Å². The topological polar surface area (TPSA) is 123 Å². The van der Waals surface area contributed by atoms with E-state index in [2.05, 4.69) is 15.3 Å². The summed E-state index contributed by atoms with van der Waals surface area (Å²) >= 11 is 0. The number of nitrogens with one attached hydrogen (secondary N) is 1. The Morgan fingerprint density at radius 3 is 2.12 bits per heavy atom. The van der Waals surface area contributed by atoms with Crippen LogP contribution in [-0.2, 0) is 0 Å². The predicted molar refractivity (Wildman–Crippen MR) is 83.8 cm³/mol. The van der Waals surface area contributed by atoms with Crippen molar-refractivity contribution < 1.29 is 23.0 Å². The van der Waals surface area contributed by atoms with E-state index in [4.69, 9.17) is 0 Å². The van der Waals surface area contributed by atoms with Crippen molar-refractivity contribution in [2.75, 3.05) is 0 Å². The molecule has 25 heavy (non-hydrogen) atoms. The SMILES string of the molecule is CC(C)(C)NC1=C([N+](=O)[O-])C=C([N+](=O)[O-])C2N=C(C(F)(F)F)N=C12.[NaH]. The quantitative estimate of drug-likeness (QED) is 0.453. The van der Waals surface area contributed by atoms with Crippen LogP contribution in [-0.4, -0.2) is 68.7 Å². The van der Waals surface area contributed by atoms with Crippen LogP contribution < -0.4 is 5.32 Å². The van der Waals surface area contributed by atoms with Crippen LogP contribution in [0.15, 0.2) is 33.2 Å². The molecule has 1 N–H and O–H groups in total. The number of hydrogen-bond acceptors (Lipinski definition) is 7. The Bertz CT molecular complexity index is 749. The molecule has 2 rings (SSSR count). The third kappa shape index (κ3) is 4.44. The second kappa shape index (κ2) is 6.84. The molecule has 0 bridgehead atoms. The number of rotatable bonds is 3. The maximum atomic E-state index is 12.9. The average molecular weight is 371 g/mol. The fourth-order valence-corrected chi connectivity index (χ4v) is 2.14. The van der Waals surface area contributed by atoms with E-state index in [1.165, 1.54) is 0 Å². The van der Waals surface area contributed by atoms with Gasteiger partial charge in [-0.2, -0.15) is 13.2 Å². The summed E-state index contributed by atoms with van der Waals surface area (Å²) in [6.45, 7) is 4.88. The molecule has 1 unspecified atom stereocenters. The number of nitro groups is 2. The Hall–Kier alpha value is -1.79. The van der Waals surface area contributed by atoms with Crippen LogP contribution in [0, 0.1) is 20.2 Å². The molecule has 1 aliphatic heterocycles. The molecule has 1 heterocycles. The molecule has 0 amide bonds. The molecule has 0 fully saturated rings. The molecular formula is C12H13F3N5NaO4. The molecule has 9 nitrogen and oxygen atoms in total. The predicted octanol–water partition coefficient (Wildman–Crippen LogP) is 1.17. The second-order valence-corrected chi connectivity index (χ2v) is 6.07. The molecule has 0 radical (unpaired) electrons. The van der Waals surface area contributed by atoms with Gasteiger partial charge in [0.25, 0.3) is 5.70 Å². The summed E-state index contributed by atoms with van der Waals surface area (Å²) in [6.07, 6.45) is -4.31. The van der Waals surface area contributed by atoms with Gasteiger partial charge in [0.05, 0.1) is 15.9 Å². The molecule has 0 saturated carbocycles. The summed E-state index contributed by atoms with van der Waals surface area (Å²) in [4.78, 5) is 26.9. The fourth-order valence-electron chi connectivity index (χ4n) is 2.14. The number of fused-ring (bicyclic) bond motifs is 1. The van der Waals surface area contributed by atoms with Gasteiger partial charge in [-0.15, -0.1) is 0 Å². The third-order valence-electron chi connectivity index (χ3n) is 2.97. The van der Waals surface area contributed by atoms with E-state index in [0.717, 1.165) is 0 Å². The van der Waals surface area contributed by atoms with Crippen LogP contribution in [0.5, 0.6) is 0 Å². The van der Waals surface area contributed by atoms with Gasteiger partial charge in [0.2, 0.25) is 5.84 Å². The second-order valence-electron chi connectivity index (χ2n) is 6.07. The van der Waals surface area contributed by atoms with Crippen molar-refractivity contribution in [3.05, 3.63) is 43.4 Å². The number of hydrogen-bond donors (Lipinski definition) is 1. The van der Waals surface area contributed by atoms with Gasteiger partial charge in [0.15, 0.2) is 6.04 Å². The van der Waals surface area contributed by atoms with E-state index in [1.54, 1.807) is 20.8 Å². The number of alkyl halides is 3. The van der Waals surface area contributed by atoms with Crippen molar-refractivity contribution in [3.63, 3.8) is 0 Å². The summed E-state index contributed by atoms with van der Waals surface area (Å²) < 4.78 is 38.6. The van der Waals surface area contributed by atoms with E-state index in [-0.39, 0.29) is 35.3 Å². The van der Waals surface area contributed by atoms with Crippen LogP contribution in [0.2, 0.25) is 0 Å². The molecule has 1 atom stereocenters. The van der Waals surface area contributed by atoms with E-state index in [9.17, 15) is 33.4 Å². The van der Waals surface area contributed by atoms with Gasteiger partial charge in [-0.1, -0.05) is 0 Å². The molecule has 132 valence electrons. The summed E-state index contributed by atoms with van der Waals surface area (Å²) in [5.41, 5.74) is -3.13. The molecule has 13 heteroatoms. The average Bonchev–Trinajstić information content (AvgIpc) is 2.81. The molecule has 0 aromatic rings. The van der Waals surface area contributed by atoms with Crippen LogP contribution >= 0.6 is 0 Å².